The fraction of sp³-hybridized carbons (Fsp3) is 0.353. The standard InChI is InChI=1S/C17H20N2O/c1-2-12-7-8-14(19-11-12)10-15(18)17-9-13-5-3-4-6-16(13)20-17/h3-8,11,15,17H,2,9-10,18H2,1H3. The maximum Gasteiger partial charge on any atom is 0.123 e. The number of ether oxygens (including phenoxy) is 1. The van der Waals surface area contributed by atoms with Gasteiger partial charge in [-0.1, -0.05) is 31.2 Å². The van der Waals surface area contributed by atoms with Gasteiger partial charge in [0.15, 0.2) is 0 Å². The second kappa shape index (κ2) is 5.63. The van der Waals surface area contributed by atoms with Crippen LogP contribution in [-0.2, 0) is 19.3 Å². The lowest BCUT2D eigenvalue weighted by Gasteiger charge is -2.18. The van der Waals surface area contributed by atoms with E-state index >= 15 is 0 Å². The molecule has 0 spiro atoms. The van der Waals surface area contributed by atoms with Crippen LogP contribution in [0, 0.1) is 0 Å². The molecule has 0 aliphatic carbocycles. The minimum atomic E-state index is -0.0256. The number of nitrogens with zero attached hydrogens (tertiary/aromatic N) is 1. The number of para-hydroxylation sites is 1. The molecule has 0 radical (unpaired) electrons. The molecule has 1 aromatic carbocycles. The maximum atomic E-state index is 6.30. The SMILES string of the molecule is CCc1ccc(CC(N)C2Cc3ccccc3O2)nc1. The molecule has 3 nitrogen and oxygen atoms in total. The van der Waals surface area contributed by atoms with Gasteiger partial charge in [-0.05, 0) is 29.7 Å². The molecule has 1 aliphatic rings. The summed E-state index contributed by atoms with van der Waals surface area (Å²) in [6.07, 6.45) is 4.65. The fourth-order valence-electron chi connectivity index (χ4n) is 2.61. The molecule has 2 heterocycles. The average Bonchev–Trinajstić information content (AvgIpc) is 2.92. The van der Waals surface area contributed by atoms with Gasteiger partial charge in [-0.3, -0.25) is 4.98 Å². The number of hydrogen-bond donors (Lipinski definition) is 1. The van der Waals surface area contributed by atoms with Gasteiger partial charge in [0, 0.05) is 30.8 Å². The smallest absolute Gasteiger partial charge is 0.123 e. The first-order chi connectivity index (χ1) is 9.76. The zero-order chi connectivity index (χ0) is 13.9. The Kier molecular flexibility index (Phi) is 3.70. The monoisotopic (exact) mass is 268 g/mol. The van der Waals surface area contributed by atoms with Gasteiger partial charge >= 0.3 is 0 Å². The second-order valence-electron chi connectivity index (χ2n) is 5.35. The average molecular weight is 268 g/mol. The number of aromatic nitrogens is 1. The van der Waals surface area contributed by atoms with Crippen molar-refractivity contribution in [1.29, 1.82) is 0 Å². The number of nitrogens with two attached hydrogens (primary N) is 1. The molecule has 104 valence electrons. The Hall–Kier alpha value is -1.87. The summed E-state index contributed by atoms with van der Waals surface area (Å²) in [6, 6.07) is 12.3. The van der Waals surface area contributed by atoms with E-state index in [1.165, 1.54) is 11.1 Å². The zero-order valence-corrected chi connectivity index (χ0v) is 11.8. The minimum absolute atomic E-state index is 0.0256. The van der Waals surface area contributed by atoms with Crippen molar-refractivity contribution in [3.05, 3.63) is 59.4 Å². The van der Waals surface area contributed by atoms with Gasteiger partial charge in [0.2, 0.25) is 0 Å². The first kappa shape index (κ1) is 13.1. The van der Waals surface area contributed by atoms with Crippen LogP contribution in [0.5, 0.6) is 5.75 Å². The van der Waals surface area contributed by atoms with E-state index in [-0.39, 0.29) is 12.1 Å². The van der Waals surface area contributed by atoms with E-state index in [1.807, 2.05) is 24.4 Å². The van der Waals surface area contributed by atoms with Crippen molar-refractivity contribution in [3.8, 4) is 5.75 Å². The van der Waals surface area contributed by atoms with Gasteiger partial charge in [-0.15, -0.1) is 0 Å². The summed E-state index contributed by atoms with van der Waals surface area (Å²) in [4.78, 5) is 4.47. The quantitative estimate of drug-likeness (QED) is 0.927. The number of fused-ring (bicyclic) bond motifs is 1. The molecule has 3 heteroatoms. The van der Waals surface area contributed by atoms with Gasteiger partial charge in [0.05, 0.1) is 0 Å². The summed E-state index contributed by atoms with van der Waals surface area (Å²) >= 11 is 0. The Balaban J connectivity index is 1.64. The summed E-state index contributed by atoms with van der Waals surface area (Å²) in [6.45, 7) is 2.13. The molecule has 2 unspecified atom stereocenters. The van der Waals surface area contributed by atoms with Gasteiger partial charge < -0.3 is 10.5 Å². The molecular formula is C17H20N2O. The lowest BCUT2D eigenvalue weighted by Crippen LogP contribution is -2.39. The molecule has 1 aliphatic heterocycles. The normalized spacial score (nSPS) is 18.4. The molecule has 2 atom stereocenters. The van der Waals surface area contributed by atoms with Crippen molar-refractivity contribution >= 4 is 0 Å². The van der Waals surface area contributed by atoms with Crippen molar-refractivity contribution in [3.63, 3.8) is 0 Å². The number of benzene rings is 1. The highest BCUT2D eigenvalue weighted by atomic mass is 16.5. The van der Waals surface area contributed by atoms with E-state index in [0.717, 1.165) is 30.7 Å². The van der Waals surface area contributed by atoms with Crippen LogP contribution in [0.1, 0.15) is 23.7 Å². The van der Waals surface area contributed by atoms with E-state index in [1.54, 1.807) is 0 Å². The third-order valence-corrected chi connectivity index (χ3v) is 3.89. The second-order valence-corrected chi connectivity index (χ2v) is 5.35. The predicted molar refractivity (Wildman–Crippen MR) is 79.9 cm³/mol. The predicted octanol–water partition coefficient (Wildman–Crippen LogP) is 2.52. The highest BCUT2D eigenvalue weighted by molar-refractivity contribution is 5.37. The Morgan fingerprint density at radius 2 is 2.15 bits per heavy atom. The number of rotatable bonds is 4. The molecule has 20 heavy (non-hydrogen) atoms. The van der Waals surface area contributed by atoms with Gasteiger partial charge in [0.25, 0.3) is 0 Å². The van der Waals surface area contributed by atoms with E-state index < -0.39 is 0 Å². The van der Waals surface area contributed by atoms with Crippen LogP contribution in [-0.4, -0.2) is 17.1 Å². The third kappa shape index (κ3) is 2.68. The maximum absolute atomic E-state index is 6.30. The summed E-state index contributed by atoms with van der Waals surface area (Å²) in [5.41, 5.74) is 9.84. The topological polar surface area (TPSA) is 48.1 Å². The summed E-state index contributed by atoms with van der Waals surface area (Å²) in [5, 5.41) is 0. The molecule has 1 aromatic heterocycles. The Morgan fingerprint density at radius 3 is 2.85 bits per heavy atom. The van der Waals surface area contributed by atoms with Crippen molar-refractivity contribution in [2.75, 3.05) is 0 Å². The first-order valence-electron chi connectivity index (χ1n) is 7.20. The summed E-state index contributed by atoms with van der Waals surface area (Å²) in [7, 11) is 0. The van der Waals surface area contributed by atoms with Crippen LogP contribution in [0.2, 0.25) is 0 Å². The van der Waals surface area contributed by atoms with Gasteiger partial charge in [-0.2, -0.15) is 0 Å². The molecule has 0 amide bonds. The molecule has 0 saturated carbocycles. The lowest BCUT2D eigenvalue weighted by molar-refractivity contribution is 0.197. The highest BCUT2D eigenvalue weighted by Crippen LogP contribution is 2.29. The molecule has 2 N–H and O–H groups in total. The van der Waals surface area contributed by atoms with Crippen LogP contribution in [0.4, 0.5) is 0 Å². The van der Waals surface area contributed by atoms with Gasteiger partial charge in [-0.25, -0.2) is 0 Å². The van der Waals surface area contributed by atoms with Gasteiger partial charge in [0.1, 0.15) is 11.9 Å². The molecular weight excluding hydrogens is 248 g/mol. The molecule has 0 bridgehead atoms. The van der Waals surface area contributed by atoms with Crippen molar-refractivity contribution in [1.82, 2.24) is 4.98 Å². The van der Waals surface area contributed by atoms with Crippen LogP contribution in [0.25, 0.3) is 0 Å². The lowest BCUT2D eigenvalue weighted by atomic mass is 10.0. The number of hydrogen-bond acceptors (Lipinski definition) is 3. The number of aryl methyl sites for hydroxylation is 1. The Labute approximate surface area is 119 Å². The molecule has 0 saturated heterocycles. The summed E-state index contributed by atoms with van der Waals surface area (Å²) < 4.78 is 5.93. The first-order valence-corrected chi connectivity index (χ1v) is 7.20. The molecule has 0 fully saturated rings. The van der Waals surface area contributed by atoms with Crippen LogP contribution >= 0.6 is 0 Å². The van der Waals surface area contributed by atoms with Crippen molar-refractivity contribution in [2.24, 2.45) is 5.73 Å². The number of pyridine rings is 1. The van der Waals surface area contributed by atoms with Crippen LogP contribution in [0.3, 0.4) is 0 Å². The molecule has 2 aromatic rings. The van der Waals surface area contributed by atoms with Crippen molar-refractivity contribution in [2.45, 2.75) is 38.3 Å². The fourth-order valence-corrected chi connectivity index (χ4v) is 2.61. The van der Waals surface area contributed by atoms with E-state index in [2.05, 4.69) is 30.1 Å². The molecule has 3 rings (SSSR count). The van der Waals surface area contributed by atoms with Crippen LogP contribution in [0.15, 0.2) is 42.6 Å². The van der Waals surface area contributed by atoms with Crippen molar-refractivity contribution < 1.29 is 4.74 Å². The minimum Gasteiger partial charge on any atom is -0.488 e. The third-order valence-electron chi connectivity index (χ3n) is 3.89. The highest BCUT2D eigenvalue weighted by Gasteiger charge is 2.28. The zero-order valence-electron chi connectivity index (χ0n) is 11.8. The van der Waals surface area contributed by atoms with E-state index in [0.29, 0.717) is 0 Å². The largest absolute Gasteiger partial charge is 0.488 e. The Morgan fingerprint density at radius 1 is 1.30 bits per heavy atom. The van der Waals surface area contributed by atoms with E-state index in [9.17, 15) is 0 Å². The van der Waals surface area contributed by atoms with Crippen LogP contribution < -0.4 is 10.5 Å². The van der Waals surface area contributed by atoms with E-state index in [4.69, 9.17) is 10.5 Å². The Bertz CT molecular complexity index is 555. The summed E-state index contributed by atoms with van der Waals surface area (Å²) in [5.74, 6) is 0.974.